The van der Waals surface area contributed by atoms with Crippen molar-refractivity contribution in [1.29, 1.82) is 0 Å². The minimum atomic E-state index is -2.50. The van der Waals surface area contributed by atoms with E-state index in [9.17, 15) is 20.1 Å². The number of aliphatic hydroxyl groups excluding tert-OH is 1. The number of H-pyrrole nitrogens is 2. The molecule has 1 unspecified atom stereocenters. The smallest absolute Gasteiger partial charge is 0.328 e. The van der Waals surface area contributed by atoms with Crippen LogP contribution in [0.1, 0.15) is 80.8 Å². The molecule has 3 aromatic carbocycles. The third-order valence-corrected chi connectivity index (χ3v) is 18.2. The molecule has 1 aliphatic carbocycles. The van der Waals surface area contributed by atoms with Gasteiger partial charge in [0.1, 0.15) is 23.3 Å². The Bertz CT molecular complexity index is 2970. The van der Waals surface area contributed by atoms with E-state index in [1.54, 1.807) is 14.0 Å². The number of nitrogens with one attached hydrogen (secondary N) is 3. The number of anilines is 1. The number of methoxy groups -OCH3 is 2. The molecule has 5 aromatic rings. The fraction of sp³-hybridized carbons (Fsp3) is 0.518. The molecule has 11 atom stereocenters. The van der Waals surface area contributed by atoms with E-state index in [2.05, 4.69) is 37.2 Å². The third kappa shape index (κ3) is 6.68. The first-order chi connectivity index (χ1) is 34.2. The van der Waals surface area contributed by atoms with Gasteiger partial charge in [-0.15, -0.1) is 0 Å². The van der Waals surface area contributed by atoms with Crippen LogP contribution < -0.4 is 15.0 Å². The fourth-order valence-corrected chi connectivity index (χ4v) is 15.3. The molecule has 1 spiro atoms. The number of para-hydroxylation sites is 2. The van der Waals surface area contributed by atoms with Crippen molar-refractivity contribution in [2.24, 2.45) is 11.3 Å². The Hall–Kier alpha value is -5.71. The number of esters is 2. The predicted octanol–water partition coefficient (Wildman–Crippen LogP) is 5.02. The second kappa shape index (κ2) is 17.2. The quantitative estimate of drug-likeness (QED) is 0.0767. The average Bonchev–Trinajstić information content (AvgIpc) is 4.15. The Labute approximate surface area is 414 Å². The minimum absolute atomic E-state index is 0.0716. The van der Waals surface area contributed by atoms with Gasteiger partial charge in [-0.1, -0.05) is 62.4 Å². The van der Waals surface area contributed by atoms with Gasteiger partial charge in [-0.2, -0.15) is 0 Å². The zero-order valence-electron chi connectivity index (χ0n) is 41.7. The number of likely N-dealkylation sites (N-methyl/N-ethyl adjacent to an activating group) is 1. The van der Waals surface area contributed by atoms with Gasteiger partial charge < -0.3 is 49.7 Å². The Morgan fingerprint density at radius 2 is 1.69 bits per heavy atom. The Kier molecular flexibility index (Phi) is 11.5. The monoisotopic (exact) mass is 969 g/mol. The van der Waals surface area contributed by atoms with Crippen molar-refractivity contribution >= 4 is 45.3 Å². The number of hydrogen-bond acceptors (Lipinski definition) is 12. The highest BCUT2D eigenvalue weighted by atomic mass is 16.5. The molecule has 11 rings (SSSR count). The van der Waals surface area contributed by atoms with Crippen LogP contribution in [0.5, 0.6) is 5.75 Å². The summed E-state index contributed by atoms with van der Waals surface area (Å²) < 4.78 is 18.0. The zero-order valence-corrected chi connectivity index (χ0v) is 41.7. The fourth-order valence-electron chi connectivity index (χ4n) is 15.3. The molecule has 1 amide bonds. The molecule has 2 saturated heterocycles. The lowest BCUT2D eigenvalue weighted by molar-refractivity contribution is -0.204. The summed E-state index contributed by atoms with van der Waals surface area (Å²) in [5, 5.41) is 44.0. The van der Waals surface area contributed by atoms with Gasteiger partial charge >= 0.3 is 11.9 Å². The van der Waals surface area contributed by atoms with E-state index in [4.69, 9.17) is 14.2 Å². The van der Waals surface area contributed by atoms with Crippen LogP contribution in [-0.4, -0.2) is 149 Å². The molecule has 3 fully saturated rings. The highest BCUT2D eigenvalue weighted by molar-refractivity contribution is 5.96. The molecule has 15 nitrogen and oxygen atoms in total. The third-order valence-electron chi connectivity index (χ3n) is 18.2. The number of carbonyl (C=O) groups is 3. The number of rotatable bonds is 11. The lowest BCUT2D eigenvalue weighted by Crippen LogP contribution is -2.82. The van der Waals surface area contributed by atoms with Gasteiger partial charge in [-0.25, -0.2) is 4.79 Å². The van der Waals surface area contributed by atoms with Gasteiger partial charge in [-0.3, -0.25) is 19.4 Å². The summed E-state index contributed by atoms with van der Waals surface area (Å²) >= 11 is 0. The number of hydrogen-bond donors (Lipinski definition) is 6. The Morgan fingerprint density at radius 3 is 2.42 bits per heavy atom. The van der Waals surface area contributed by atoms with Gasteiger partial charge in [0.25, 0.3) is 5.91 Å². The average molecular weight is 969 g/mol. The molecule has 7 heterocycles. The first-order valence-corrected chi connectivity index (χ1v) is 25.6. The molecule has 1 saturated carbocycles. The van der Waals surface area contributed by atoms with Crippen molar-refractivity contribution in [1.82, 2.24) is 25.1 Å². The number of aliphatic hydroxyl groups is 3. The van der Waals surface area contributed by atoms with Crippen molar-refractivity contribution in [2.75, 3.05) is 65.5 Å². The van der Waals surface area contributed by atoms with Crippen molar-refractivity contribution in [3.63, 3.8) is 0 Å². The summed E-state index contributed by atoms with van der Waals surface area (Å²) in [6.45, 7) is 8.93. The first kappa shape index (κ1) is 47.6. The zero-order chi connectivity index (χ0) is 49.8. The van der Waals surface area contributed by atoms with Gasteiger partial charge in [0.2, 0.25) is 0 Å². The lowest BCUT2D eigenvalue weighted by atomic mass is 9.47. The summed E-state index contributed by atoms with van der Waals surface area (Å²) in [6, 6.07) is 17.2. The molecule has 15 heteroatoms. The van der Waals surface area contributed by atoms with Gasteiger partial charge in [0, 0.05) is 108 Å². The summed E-state index contributed by atoms with van der Waals surface area (Å²) in [7, 11) is 4.88. The van der Waals surface area contributed by atoms with Gasteiger partial charge in [0.15, 0.2) is 5.60 Å². The number of piperidine rings is 1. The molecular formula is C56H68N6O9. The van der Waals surface area contributed by atoms with E-state index in [0.29, 0.717) is 88.2 Å². The van der Waals surface area contributed by atoms with Gasteiger partial charge in [-0.05, 0) is 92.8 Å². The lowest BCUT2D eigenvalue weighted by Gasteiger charge is -2.63. The van der Waals surface area contributed by atoms with E-state index in [1.165, 1.54) is 7.11 Å². The van der Waals surface area contributed by atoms with Crippen molar-refractivity contribution < 1.29 is 43.9 Å². The number of nitrogens with zero attached hydrogens (tertiary/aromatic N) is 3. The van der Waals surface area contributed by atoms with Crippen LogP contribution in [-0.2, 0) is 47.5 Å². The number of carbonyl (C=O) groups excluding carboxylic acids is 3. The van der Waals surface area contributed by atoms with Crippen LogP contribution in [0.4, 0.5) is 5.69 Å². The summed E-state index contributed by atoms with van der Waals surface area (Å²) in [5.74, 6) is -1.70. The molecule has 0 radical (unpaired) electrons. The highest BCUT2D eigenvalue weighted by Crippen LogP contribution is 2.67. The van der Waals surface area contributed by atoms with E-state index in [-0.39, 0.29) is 25.0 Å². The second-order valence-electron chi connectivity index (χ2n) is 21.5. The van der Waals surface area contributed by atoms with Crippen LogP contribution in [0.2, 0.25) is 0 Å². The molecule has 2 aromatic heterocycles. The number of aromatic nitrogens is 2. The van der Waals surface area contributed by atoms with Gasteiger partial charge in [0.05, 0.1) is 32.5 Å². The number of ether oxygens (including phenoxy) is 3. The topological polar surface area (TPSA) is 193 Å². The first-order valence-electron chi connectivity index (χ1n) is 25.6. The molecule has 5 aliphatic heterocycles. The number of aromatic amines is 2. The van der Waals surface area contributed by atoms with Crippen LogP contribution in [0.15, 0.2) is 79.0 Å². The number of benzene rings is 3. The normalized spacial score (nSPS) is 33.3. The largest absolute Gasteiger partial charge is 0.496 e. The highest BCUT2D eigenvalue weighted by Gasteiger charge is 2.79. The molecule has 376 valence electrons. The molecule has 6 aliphatic rings. The van der Waals surface area contributed by atoms with E-state index >= 15 is 9.59 Å². The number of fused-ring (bicyclic) bond motifs is 7. The summed E-state index contributed by atoms with van der Waals surface area (Å²) in [6.07, 6.45) is 7.17. The standard InChI is InChI=1S/C56H68N6O9/c1-7-52(67)28-33-29-55(51(66)70-6,45-37(19-23-61(31-33)32-52)36-16-11-13-18-41(36)58-45)39-26-38-43(27-44(39)69-5)60(4)48-54(38)21-24-62-22-14-20-53(8-2,47(54)62)49(64)56(48,68)50(65)59-42(46(63)71-9-3)25-34-30-57-40-17-12-10-15-35(34)40/h10-18,20,26-27,30,33,42,47-49,57-58,64,67-68H,7-9,19,21-25,28-29,31-32H2,1-6H3,(H,59,65)/t33-,42-,47-,48+,49+,52-,53+,54+,55-,56-/m0/s1. The summed E-state index contributed by atoms with van der Waals surface area (Å²) in [5.41, 5.74) is -0.692. The van der Waals surface area contributed by atoms with Crippen molar-refractivity contribution in [3.8, 4) is 5.75 Å². The second-order valence-corrected chi connectivity index (χ2v) is 21.5. The molecule has 6 N–H and O–H groups in total. The van der Waals surface area contributed by atoms with E-state index in [1.807, 2.05) is 92.7 Å². The van der Waals surface area contributed by atoms with Crippen molar-refractivity contribution in [2.45, 2.75) is 112 Å². The van der Waals surface area contributed by atoms with Crippen LogP contribution in [0, 0.1) is 11.3 Å². The summed E-state index contributed by atoms with van der Waals surface area (Å²) in [4.78, 5) is 58.9. The van der Waals surface area contributed by atoms with Crippen LogP contribution >= 0.6 is 0 Å². The van der Waals surface area contributed by atoms with Crippen LogP contribution in [0.25, 0.3) is 21.8 Å². The van der Waals surface area contributed by atoms with Crippen LogP contribution in [0.3, 0.4) is 0 Å². The molecule has 2 bridgehead atoms. The predicted molar refractivity (Wildman–Crippen MR) is 269 cm³/mol. The Morgan fingerprint density at radius 1 is 0.930 bits per heavy atom. The molecular weight excluding hydrogens is 901 g/mol. The van der Waals surface area contributed by atoms with Crippen molar-refractivity contribution in [3.05, 3.63) is 107 Å². The SMILES string of the molecule is CCOC(=O)[C@H](Cc1c[nH]c2ccccc12)NC(=O)[C@@]1(O)[C@H](O)[C@]2(CC)C=CCN3CC[C@@]4(c5cc([C@@]6(C(=O)OC)C[C@H]7CN(CCc8c6[nH]c6ccccc86)C[C@](O)(CC)C7)c(OC)cc5N(C)[C@@H]14)[C@@H]32. The van der Waals surface area contributed by atoms with E-state index < -0.39 is 63.5 Å². The maximum absolute atomic E-state index is 15.7. The molecule has 71 heavy (non-hydrogen) atoms. The minimum Gasteiger partial charge on any atom is -0.496 e. The van der Waals surface area contributed by atoms with E-state index in [0.717, 1.165) is 44.2 Å². The maximum Gasteiger partial charge on any atom is 0.328 e. The Balaban J connectivity index is 1.12. The maximum atomic E-state index is 15.7. The number of amides is 1.